The molecule has 0 saturated carbocycles. The molecule has 0 radical (unpaired) electrons. The fraction of sp³-hybridized carbons (Fsp3) is 0.579. The van der Waals surface area contributed by atoms with Crippen LogP contribution in [0.25, 0.3) is 0 Å². The Bertz CT molecular complexity index is 486. The topological polar surface area (TPSA) is 66.4 Å². The Hall–Kier alpha value is -1.84. The molecule has 4 nitrogen and oxygen atoms in total. The van der Waals surface area contributed by atoms with Crippen LogP contribution in [0.4, 0.5) is 5.69 Å². The standard InChI is InChI=1S/C19H29NO3/c1-2-3-4-5-6-7-8-9-10-11-19(23)20-17-13-12-16(15-21)18(22)14-17/h12-15,22H,2-11H2,1H3,(H,20,23). The van der Waals surface area contributed by atoms with Crippen molar-refractivity contribution in [1.82, 2.24) is 0 Å². The van der Waals surface area contributed by atoms with E-state index in [0.29, 0.717) is 18.4 Å². The van der Waals surface area contributed by atoms with Gasteiger partial charge in [-0.3, -0.25) is 9.59 Å². The number of phenols is 1. The number of phenolic OH excluding ortho intramolecular Hbond substituents is 1. The van der Waals surface area contributed by atoms with Crippen LogP contribution in [0.3, 0.4) is 0 Å². The van der Waals surface area contributed by atoms with Gasteiger partial charge in [0.25, 0.3) is 0 Å². The van der Waals surface area contributed by atoms with E-state index in [0.717, 1.165) is 12.8 Å². The van der Waals surface area contributed by atoms with Crippen molar-refractivity contribution in [1.29, 1.82) is 0 Å². The molecule has 0 aliphatic carbocycles. The Labute approximate surface area is 139 Å². The third-order valence-corrected chi connectivity index (χ3v) is 3.95. The number of amides is 1. The molecule has 0 fully saturated rings. The summed E-state index contributed by atoms with van der Waals surface area (Å²) in [5.74, 6) is -0.160. The fourth-order valence-electron chi connectivity index (χ4n) is 2.54. The van der Waals surface area contributed by atoms with Crippen molar-refractivity contribution < 1.29 is 14.7 Å². The van der Waals surface area contributed by atoms with Gasteiger partial charge in [-0.15, -0.1) is 0 Å². The molecule has 0 atom stereocenters. The average Bonchev–Trinajstić information content (AvgIpc) is 2.53. The van der Waals surface area contributed by atoms with E-state index in [1.54, 1.807) is 6.07 Å². The van der Waals surface area contributed by atoms with Crippen LogP contribution in [0.1, 0.15) is 81.5 Å². The van der Waals surface area contributed by atoms with Crippen LogP contribution in [0.2, 0.25) is 0 Å². The van der Waals surface area contributed by atoms with E-state index in [9.17, 15) is 14.7 Å². The van der Waals surface area contributed by atoms with Gasteiger partial charge < -0.3 is 10.4 Å². The van der Waals surface area contributed by atoms with Gasteiger partial charge in [0.15, 0.2) is 6.29 Å². The van der Waals surface area contributed by atoms with E-state index in [1.807, 2.05) is 0 Å². The summed E-state index contributed by atoms with van der Waals surface area (Å²) >= 11 is 0. The van der Waals surface area contributed by atoms with Crippen molar-refractivity contribution in [2.75, 3.05) is 5.32 Å². The largest absolute Gasteiger partial charge is 0.507 e. The highest BCUT2D eigenvalue weighted by molar-refractivity contribution is 5.91. The summed E-state index contributed by atoms with van der Waals surface area (Å²) in [7, 11) is 0. The summed E-state index contributed by atoms with van der Waals surface area (Å²) in [6, 6.07) is 4.52. The summed E-state index contributed by atoms with van der Waals surface area (Å²) in [6.45, 7) is 2.23. The maximum Gasteiger partial charge on any atom is 0.224 e. The van der Waals surface area contributed by atoms with Crippen LogP contribution in [0.15, 0.2) is 18.2 Å². The van der Waals surface area contributed by atoms with E-state index in [2.05, 4.69) is 12.2 Å². The van der Waals surface area contributed by atoms with Gasteiger partial charge in [-0.1, -0.05) is 58.3 Å². The molecule has 128 valence electrons. The Kier molecular flexibility index (Phi) is 9.76. The van der Waals surface area contributed by atoms with Crippen LogP contribution >= 0.6 is 0 Å². The first-order valence-corrected chi connectivity index (χ1v) is 8.75. The Morgan fingerprint density at radius 3 is 2.22 bits per heavy atom. The third kappa shape index (κ3) is 8.38. The quantitative estimate of drug-likeness (QED) is 0.418. The lowest BCUT2D eigenvalue weighted by molar-refractivity contribution is -0.116. The number of rotatable bonds is 12. The molecule has 0 heterocycles. The average molecular weight is 319 g/mol. The van der Waals surface area contributed by atoms with Gasteiger partial charge in [-0.05, 0) is 18.6 Å². The Balaban J connectivity index is 2.10. The predicted molar refractivity (Wildman–Crippen MR) is 94.0 cm³/mol. The van der Waals surface area contributed by atoms with Gasteiger partial charge in [-0.25, -0.2) is 0 Å². The first-order chi connectivity index (χ1) is 11.2. The zero-order valence-electron chi connectivity index (χ0n) is 14.1. The highest BCUT2D eigenvalue weighted by Gasteiger charge is 2.05. The maximum atomic E-state index is 11.8. The normalized spacial score (nSPS) is 10.5. The molecule has 1 aromatic rings. The molecular weight excluding hydrogens is 290 g/mol. The van der Waals surface area contributed by atoms with Crippen molar-refractivity contribution in [3.05, 3.63) is 23.8 Å². The van der Waals surface area contributed by atoms with Crippen LogP contribution in [0.5, 0.6) is 5.75 Å². The third-order valence-electron chi connectivity index (χ3n) is 3.95. The molecule has 0 bridgehead atoms. The number of hydrogen-bond acceptors (Lipinski definition) is 3. The van der Waals surface area contributed by atoms with Crippen molar-refractivity contribution in [2.24, 2.45) is 0 Å². The highest BCUT2D eigenvalue weighted by Crippen LogP contribution is 2.20. The molecule has 0 aliphatic rings. The number of carbonyl (C=O) groups is 2. The van der Waals surface area contributed by atoms with Gasteiger partial charge in [-0.2, -0.15) is 0 Å². The SMILES string of the molecule is CCCCCCCCCCCC(=O)Nc1ccc(C=O)c(O)c1. The van der Waals surface area contributed by atoms with Gasteiger partial charge in [0.05, 0.1) is 5.56 Å². The maximum absolute atomic E-state index is 11.8. The lowest BCUT2D eigenvalue weighted by Gasteiger charge is -2.07. The Morgan fingerprint density at radius 2 is 1.65 bits per heavy atom. The van der Waals surface area contributed by atoms with E-state index in [4.69, 9.17) is 0 Å². The molecule has 1 aromatic carbocycles. The molecule has 1 rings (SSSR count). The molecule has 4 heteroatoms. The molecule has 0 spiro atoms. The molecule has 0 saturated heterocycles. The number of aromatic hydroxyl groups is 1. The summed E-state index contributed by atoms with van der Waals surface area (Å²) in [6.07, 6.45) is 12.1. The second kappa shape index (κ2) is 11.7. The van der Waals surface area contributed by atoms with Gasteiger partial charge in [0.1, 0.15) is 5.75 Å². The number of nitrogens with one attached hydrogen (secondary N) is 1. The summed E-state index contributed by atoms with van der Waals surface area (Å²) < 4.78 is 0. The van der Waals surface area contributed by atoms with Crippen LogP contribution in [-0.4, -0.2) is 17.3 Å². The smallest absolute Gasteiger partial charge is 0.224 e. The monoisotopic (exact) mass is 319 g/mol. The molecule has 1 amide bonds. The number of aldehydes is 1. The van der Waals surface area contributed by atoms with Crippen LogP contribution in [-0.2, 0) is 4.79 Å². The predicted octanol–water partition coefficient (Wildman–Crippen LogP) is 5.06. The molecule has 2 N–H and O–H groups in total. The van der Waals surface area contributed by atoms with Crippen molar-refractivity contribution in [3.63, 3.8) is 0 Å². The summed E-state index contributed by atoms with van der Waals surface area (Å²) in [5.41, 5.74) is 0.746. The second-order valence-electron chi connectivity index (χ2n) is 6.02. The molecular formula is C19H29NO3. The molecule has 0 aromatic heterocycles. The minimum absolute atomic E-state index is 0.0498. The zero-order chi connectivity index (χ0) is 16.9. The van der Waals surface area contributed by atoms with Gasteiger partial charge >= 0.3 is 0 Å². The summed E-state index contributed by atoms with van der Waals surface area (Å²) in [4.78, 5) is 22.4. The van der Waals surface area contributed by atoms with Crippen molar-refractivity contribution >= 4 is 17.9 Å². The van der Waals surface area contributed by atoms with E-state index < -0.39 is 0 Å². The van der Waals surface area contributed by atoms with E-state index in [-0.39, 0.29) is 17.2 Å². The number of unbranched alkanes of at least 4 members (excludes halogenated alkanes) is 8. The Morgan fingerprint density at radius 1 is 1.04 bits per heavy atom. The van der Waals surface area contributed by atoms with Crippen molar-refractivity contribution in [2.45, 2.75) is 71.1 Å². The minimum atomic E-state index is -0.110. The van der Waals surface area contributed by atoms with Crippen molar-refractivity contribution in [3.8, 4) is 5.75 Å². The second-order valence-corrected chi connectivity index (χ2v) is 6.02. The first kappa shape index (κ1) is 19.2. The van der Waals surface area contributed by atoms with Gasteiger partial charge in [0.2, 0.25) is 5.91 Å². The highest BCUT2D eigenvalue weighted by atomic mass is 16.3. The number of benzene rings is 1. The van der Waals surface area contributed by atoms with E-state index in [1.165, 1.54) is 57.1 Å². The first-order valence-electron chi connectivity index (χ1n) is 8.75. The van der Waals surface area contributed by atoms with Gasteiger partial charge in [0, 0.05) is 18.2 Å². The molecule has 23 heavy (non-hydrogen) atoms. The minimum Gasteiger partial charge on any atom is -0.507 e. The number of hydrogen-bond donors (Lipinski definition) is 2. The number of anilines is 1. The summed E-state index contributed by atoms with van der Waals surface area (Å²) in [5, 5.41) is 12.3. The van der Waals surface area contributed by atoms with Crippen LogP contribution < -0.4 is 5.32 Å². The van der Waals surface area contributed by atoms with Crippen LogP contribution in [0, 0.1) is 0 Å². The van der Waals surface area contributed by atoms with E-state index >= 15 is 0 Å². The lowest BCUT2D eigenvalue weighted by atomic mass is 10.1. The number of carbonyl (C=O) groups excluding carboxylic acids is 2. The molecule has 0 aliphatic heterocycles. The lowest BCUT2D eigenvalue weighted by Crippen LogP contribution is -2.11. The molecule has 0 unspecified atom stereocenters. The zero-order valence-corrected chi connectivity index (χ0v) is 14.1. The fourth-order valence-corrected chi connectivity index (χ4v) is 2.54.